The van der Waals surface area contributed by atoms with Crippen LogP contribution >= 0.6 is 0 Å². The summed E-state index contributed by atoms with van der Waals surface area (Å²) >= 11 is 0. The first kappa shape index (κ1) is 15.1. The molecule has 0 aliphatic heterocycles. The molecule has 0 atom stereocenters. The molecule has 2 rings (SSSR count). The van der Waals surface area contributed by atoms with E-state index < -0.39 is 10.0 Å². The van der Waals surface area contributed by atoms with Crippen LogP contribution in [0.2, 0.25) is 0 Å². The Balaban J connectivity index is 2.10. The number of aliphatic hydroxyl groups excluding tert-OH is 1. The molecule has 0 bridgehead atoms. The van der Waals surface area contributed by atoms with Gasteiger partial charge in [0.05, 0.1) is 11.8 Å². The van der Waals surface area contributed by atoms with E-state index in [1.165, 1.54) is 13.1 Å². The average molecular weight is 299 g/mol. The van der Waals surface area contributed by atoms with Gasteiger partial charge < -0.3 is 16.2 Å². The van der Waals surface area contributed by atoms with E-state index in [0.717, 1.165) is 31.4 Å². The molecule has 7 heteroatoms. The van der Waals surface area contributed by atoms with E-state index in [2.05, 4.69) is 10.0 Å². The molecule has 0 amide bonds. The van der Waals surface area contributed by atoms with Gasteiger partial charge >= 0.3 is 0 Å². The fourth-order valence-corrected chi connectivity index (χ4v) is 3.29. The van der Waals surface area contributed by atoms with Gasteiger partial charge in [0.25, 0.3) is 0 Å². The Bertz CT molecular complexity index is 566. The number of nitrogens with two attached hydrogens (primary N) is 1. The van der Waals surface area contributed by atoms with Gasteiger partial charge in [-0.1, -0.05) is 0 Å². The highest BCUT2D eigenvalue weighted by molar-refractivity contribution is 7.89. The molecule has 0 heterocycles. The molecule has 0 unspecified atom stereocenters. The van der Waals surface area contributed by atoms with E-state index in [4.69, 9.17) is 5.73 Å². The summed E-state index contributed by atoms with van der Waals surface area (Å²) in [5.41, 5.74) is 6.84. The third-order valence-electron chi connectivity index (χ3n) is 3.64. The summed E-state index contributed by atoms with van der Waals surface area (Å²) in [5, 5.41) is 12.8. The summed E-state index contributed by atoms with van der Waals surface area (Å²) in [4.78, 5) is 0.0876. The molecule has 0 spiro atoms. The molecule has 0 saturated heterocycles. The van der Waals surface area contributed by atoms with E-state index in [1.807, 2.05) is 0 Å². The normalized spacial score (nSPS) is 23.5. The molecule has 1 fully saturated rings. The van der Waals surface area contributed by atoms with Gasteiger partial charge in [0.1, 0.15) is 4.90 Å². The number of anilines is 2. The number of sulfonamides is 1. The third-order valence-corrected chi connectivity index (χ3v) is 5.12. The minimum Gasteiger partial charge on any atom is -0.398 e. The Morgan fingerprint density at radius 1 is 1.25 bits per heavy atom. The van der Waals surface area contributed by atoms with Gasteiger partial charge in [-0.05, 0) is 50.9 Å². The van der Waals surface area contributed by atoms with Crippen LogP contribution in [0, 0.1) is 0 Å². The van der Waals surface area contributed by atoms with Gasteiger partial charge in [0.15, 0.2) is 0 Å². The largest absolute Gasteiger partial charge is 0.398 e. The summed E-state index contributed by atoms with van der Waals surface area (Å²) in [7, 11) is -2.17. The van der Waals surface area contributed by atoms with Gasteiger partial charge in [-0.25, -0.2) is 13.1 Å². The highest BCUT2D eigenvalue weighted by Gasteiger charge is 2.20. The Labute approximate surface area is 119 Å². The second-order valence-corrected chi connectivity index (χ2v) is 6.96. The Morgan fingerprint density at radius 2 is 1.90 bits per heavy atom. The van der Waals surface area contributed by atoms with Crippen LogP contribution in [0.4, 0.5) is 11.4 Å². The van der Waals surface area contributed by atoms with Gasteiger partial charge in [-0.15, -0.1) is 0 Å². The number of hydrogen-bond donors (Lipinski definition) is 4. The zero-order valence-corrected chi connectivity index (χ0v) is 12.3. The number of hydrogen-bond acceptors (Lipinski definition) is 5. The van der Waals surface area contributed by atoms with Crippen LogP contribution in [0.5, 0.6) is 0 Å². The third kappa shape index (κ3) is 3.41. The second-order valence-electron chi connectivity index (χ2n) is 5.11. The van der Waals surface area contributed by atoms with Crippen molar-refractivity contribution in [3.63, 3.8) is 0 Å². The van der Waals surface area contributed by atoms with E-state index in [1.54, 1.807) is 12.1 Å². The molecule has 1 aromatic carbocycles. The van der Waals surface area contributed by atoms with Crippen LogP contribution in [0.25, 0.3) is 0 Å². The van der Waals surface area contributed by atoms with Gasteiger partial charge in [0.2, 0.25) is 10.0 Å². The first-order valence-electron chi connectivity index (χ1n) is 6.70. The SMILES string of the molecule is CNS(=O)(=O)c1ccc(NC2CCC(O)CC2)cc1N. The standard InChI is InChI=1S/C13H21N3O3S/c1-15-20(18,19)13-7-4-10(8-12(13)14)16-9-2-5-11(17)6-3-9/h4,7-9,11,15-17H,2-3,5-6,14H2,1H3. The van der Waals surface area contributed by atoms with Gasteiger partial charge in [0, 0.05) is 11.7 Å². The molecule has 0 radical (unpaired) electrons. The second kappa shape index (κ2) is 5.99. The molecule has 20 heavy (non-hydrogen) atoms. The maximum absolute atomic E-state index is 11.7. The molecule has 1 aliphatic carbocycles. The van der Waals surface area contributed by atoms with Crippen molar-refractivity contribution in [3.8, 4) is 0 Å². The van der Waals surface area contributed by atoms with Crippen molar-refractivity contribution < 1.29 is 13.5 Å². The van der Waals surface area contributed by atoms with Crippen molar-refractivity contribution in [3.05, 3.63) is 18.2 Å². The summed E-state index contributed by atoms with van der Waals surface area (Å²) in [6.07, 6.45) is 3.19. The van der Waals surface area contributed by atoms with Crippen molar-refractivity contribution in [2.24, 2.45) is 0 Å². The average Bonchev–Trinajstić information content (AvgIpc) is 2.41. The van der Waals surface area contributed by atoms with Gasteiger partial charge in [-0.2, -0.15) is 0 Å². The lowest BCUT2D eigenvalue weighted by Crippen LogP contribution is -2.28. The van der Waals surface area contributed by atoms with E-state index in [0.29, 0.717) is 6.04 Å². The van der Waals surface area contributed by atoms with Crippen LogP contribution < -0.4 is 15.8 Å². The van der Waals surface area contributed by atoms with Crippen LogP contribution in [0.3, 0.4) is 0 Å². The topological polar surface area (TPSA) is 104 Å². The molecule has 0 aromatic heterocycles. The number of nitrogen functional groups attached to an aromatic ring is 1. The Morgan fingerprint density at radius 3 is 2.45 bits per heavy atom. The highest BCUT2D eigenvalue weighted by atomic mass is 32.2. The van der Waals surface area contributed by atoms with Crippen LogP contribution in [-0.4, -0.2) is 32.7 Å². The fraction of sp³-hybridized carbons (Fsp3) is 0.538. The molecular weight excluding hydrogens is 278 g/mol. The van der Waals surface area contributed by atoms with Crippen LogP contribution in [-0.2, 0) is 10.0 Å². The summed E-state index contributed by atoms with van der Waals surface area (Å²) in [6, 6.07) is 5.15. The van der Waals surface area contributed by atoms with Crippen molar-refractivity contribution in [1.82, 2.24) is 4.72 Å². The fourth-order valence-electron chi connectivity index (χ4n) is 2.45. The first-order chi connectivity index (χ1) is 9.42. The monoisotopic (exact) mass is 299 g/mol. The van der Waals surface area contributed by atoms with Crippen molar-refractivity contribution in [1.29, 1.82) is 0 Å². The van der Waals surface area contributed by atoms with Crippen LogP contribution in [0.15, 0.2) is 23.1 Å². The Hall–Kier alpha value is -1.31. The summed E-state index contributed by atoms with van der Waals surface area (Å²) in [6.45, 7) is 0. The minimum absolute atomic E-state index is 0.0876. The zero-order chi connectivity index (χ0) is 14.8. The quantitative estimate of drug-likeness (QED) is 0.618. The molecule has 1 aromatic rings. The first-order valence-corrected chi connectivity index (χ1v) is 8.18. The smallest absolute Gasteiger partial charge is 0.242 e. The lowest BCUT2D eigenvalue weighted by atomic mass is 9.93. The lowest BCUT2D eigenvalue weighted by molar-refractivity contribution is 0.126. The number of aliphatic hydroxyl groups is 1. The van der Waals surface area contributed by atoms with E-state index in [-0.39, 0.29) is 16.7 Å². The summed E-state index contributed by atoms with van der Waals surface area (Å²) < 4.78 is 25.7. The van der Waals surface area contributed by atoms with E-state index >= 15 is 0 Å². The highest BCUT2D eigenvalue weighted by Crippen LogP contribution is 2.26. The van der Waals surface area contributed by atoms with Crippen molar-refractivity contribution >= 4 is 21.4 Å². The molecule has 1 aliphatic rings. The molecule has 6 nitrogen and oxygen atoms in total. The molecular formula is C13H21N3O3S. The summed E-state index contributed by atoms with van der Waals surface area (Å²) in [5.74, 6) is 0. The van der Waals surface area contributed by atoms with Crippen molar-refractivity contribution in [2.45, 2.75) is 42.7 Å². The van der Waals surface area contributed by atoms with E-state index in [9.17, 15) is 13.5 Å². The number of rotatable bonds is 4. The van der Waals surface area contributed by atoms with Crippen molar-refractivity contribution in [2.75, 3.05) is 18.1 Å². The maximum atomic E-state index is 11.7. The lowest BCUT2D eigenvalue weighted by Gasteiger charge is -2.27. The predicted octanol–water partition coefficient (Wildman–Crippen LogP) is 0.892. The minimum atomic E-state index is -3.52. The number of benzene rings is 1. The zero-order valence-electron chi connectivity index (χ0n) is 11.5. The predicted molar refractivity (Wildman–Crippen MR) is 79.0 cm³/mol. The molecule has 5 N–H and O–H groups in total. The van der Waals surface area contributed by atoms with Gasteiger partial charge in [-0.3, -0.25) is 0 Å². The Kier molecular flexibility index (Phi) is 4.52. The molecule has 1 saturated carbocycles. The van der Waals surface area contributed by atoms with Crippen LogP contribution in [0.1, 0.15) is 25.7 Å². The number of nitrogens with one attached hydrogen (secondary N) is 2. The molecule has 112 valence electrons. The maximum Gasteiger partial charge on any atom is 0.242 e.